The Labute approximate surface area is 176 Å². The van der Waals surface area contributed by atoms with Crippen LogP contribution < -0.4 is 15.1 Å². The smallest absolute Gasteiger partial charge is 0.335 e. The largest absolute Gasteiger partial charge is 0.478 e. The van der Waals surface area contributed by atoms with Gasteiger partial charge >= 0.3 is 5.97 Å². The van der Waals surface area contributed by atoms with Crippen LogP contribution in [-0.4, -0.2) is 49.3 Å². The maximum Gasteiger partial charge on any atom is 0.335 e. The molecule has 158 valence electrons. The maximum atomic E-state index is 12.2. The Bertz CT molecular complexity index is 955. The van der Waals surface area contributed by atoms with Crippen LogP contribution in [0, 0.1) is 0 Å². The number of fused-ring (bicyclic) bond motifs is 1. The second-order valence-electron chi connectivity index (χ2n) is 7.90. The molecule has 2 heterocycles. The van der Waals surface area contributed by atoms with Crippen LogP contribution in [0.5, 0.6) is 0 Å². The Hall–Kier alpha value is -3.06. The summed E-state index contributed by atoms with van der Waals surface area (Å²) in [5, 5.41) is 13.0. The summed E-state index contributed by atoms with van der Waals surface area (Å²) < 4.78 is 5.45. The van der Waals surface area contributed by atoms with Gasteiger partial charge in [-0.3, -0.25) is 4.79 Å². The van der Waals surface area contributed by atoms with Gasteiger partial charge in [0.25, 0.3) is 0 Å². The first-order chi connectivity index (χ1) is 14.4. The summed E-state index contributed by atoms with van der Waals surface area (Å²) in [5.74, 6) is -1.02. The zero-order valence-corrected chi connectivity index (χ0v) is 17.3. The second-order valence-corrected chi connectivity index (χ2v) is 7.90. The Morgan fingerprint density at radius 1 is 1.13 bits per heavy atom. The summed E-state index contributed by atoms with van der Waals surface area (Å²) in [6, 6.07) is 13.2. The quantitative estimate of drug-likeness (QED) is 0.804. The molecule has 1 saturated heterocycles. The van der Waals surface area contributed by atoms with Gasteiger partial charge in [0.1, 0.15) is 0 Å². The predicted octanol–water partition coefficient (Wildman–Crippen LogP) is 3.52. The average Bonchev–Trinajstić information content (AvgIpc) is 2.74. The molecule has 30 heavy (non-hydrogen) atoms. The van der Waals surface area contributed by atoms with Crippen molar-refractivity contribution in [2.45, 2.75) is 32.4 Å². The lowest BCUT2D eigenvalue weighted by Gasteiger charge is -2.39. The number of carbonyl (C=O) groups excluding carboxylic acids is 1. The highest BCUT2D eigenvalue weighted by Crippen LogP contribution is 2.40. The van der Waals surface area contributed by atoms with Gasteiger partial charge in [-0.2, -0.15) is 0 Å². The van der Waals surface area contributed by atoms with Gasteiger partial charge in [-0.15, -0.1) is 0 Å². The van der Waals surface area contributed by atoms with Gasteiger partial charge in [0, 0.05) is 43.1 Å². The van der Waals surface area contributed by atoms with Crippen molar-refractivity contribution in [3.05, 3.63) is 53.6 Å². The minimum Gasteiger partial charge on any atom is -0.478 e. The van der Waals surface area contributed by atoms with Crippen molar-refractivity contribution in [1.82, 2.24) is 0 Å². The van der Waals surface area contributed by atoms with Gasteiger partial charge < -0.3 is 25.0 Å². The van der Waals surface area contributed by atoms with Crippen LogP contribution >= 0.6 is 0 Å². The topological polar surface area (TPSA) is 82.1 Å². The fourth-order valence-electron chi connectivity index (χ4n) is 4.43. The fourth-order valence-corrected chi connectivity index (χ4v) is 4.43. The van der Waals surface area contributed by atoms with Gasteiger partial charge in [-0.1, -0.05) is 6.07 Å². The number of ether oxygens (including phenoxy) is 1. The van der Waals surface area contributed by atoms with Crippen LogP contribution in [0.15, 0.2) is 42.5 Å². The Balaban J connectivity index is 1.66. The maximum absolute atomic E-state index is 12.2. The predicted molar refractivity (Wildman–Crippen MR) is 116 cm³/mol. The van der Waals surface area contributed by atoms with E-state index in [9.17, 15) is 14.7 Å². The highest BCUT2D eigenvalue weighted by Gasteiger charge is 2.33. The van der Waals surface area contributed by atoms with E-state index in [0.717, 1.165) is 48.9 Å². The Morgan fingerprint density at radius 2 is 1.90 bits per heavy atom. The van der Waals surface area contributed by atoms with Crippen LogP contribution in [0.1, 0.15) is 42.2 Å². The summed E-state index contributed by atoms with van der Waals surface area (Å²) in [6.45, 7) is 6.75. The molecule has 0 saturated carbocycles. The molecule has 1 amide bonds. The lowest BCUT2D eigenvalue weighted by molar-refractivity contribution is -0.117. The number of benzene rings is 2. The van der Waals surface area contributed by atoms with Crippen molar-refractivity contribution in [2.24, 2.45) is 0 Å². The SMILES string of the molecule is CC(=O)N1c2ccc(C(=O)O)cc2C(Nc2cccc(N3CCOCC3)c2)CC1C. The third-order valence-corrected chi connectivity index (χ3v) is 5.83. The number of anilines is 3. The first-order valence-corrected chi connectivity index (χ1v) is 10.3. The number of hydrogen-bond donors (Lipinski definition) is 2. The van der Waals surface area contributed by atoms with E-state index in [4.69, 9.17) is 4.74 Å². The molecule has 2 N–H and O–H groups in total. The number of carbonyl (C=O) groups is 2. The van der Waals surface area contributed by atoms with E-state index in [0.29, 0.717) is 6.42 Å². The van der Waals surface area contributed by atoms with Crippen LogP contribution in [0.25, 0.3) is 0 Å². The number of nitrogens with one attached hydrogen (secondary N) is 1. The number of carboxylic acids is 1. The lowest BCUT2D eigenvalue weighted by atomic mass is 9.90. The number of amides is 1. The molecule has 2 aliphatic rings. The molecule has 2 unspecified atom stereocenters. The number of nitrogens with zero attached hydrogens (tertiary/aromatic N) is 2. The fraction of sp³-hybridized carbons (Fsp3) is 0.391. The molecule has 2 atom stereocenters. The van der Waals surface area contributed by atoms with E-state index in [-0.39, 0.29) is 23.6 Å². The van der Waals surface area contributed by atoms with Gasteiger partial charge in [0.05, 0.1) is 24.8 Å². The van der Waals surface area contributed by atoms with Gasteiger partial charge in [-0.05, 0) is 55.3 Å². The van der Waals surface area contributed by atoms with E-state index >= 15 is 0 Å². The summed E-state index contributed by atoms with van der Waals surface area (Å²) in [4.78, 5) is 27.8. The molecule has 7 nitrogen and oxygen atoms in total. The molecule has 0 spiro atoms. The minimum absolute atomic E-state index is 0.00519. The molecule has 2 aromatic carbocycles. The van der Waals surface area contributed by atoms with E-state index in [2.05, 4.69) is 22.3 Å². The normalized spacial score (nSPS) is 21.1. The van der Waals surface area contributed by atoms with Crippen molar-refractivity contribution in [3.63, 3.8) is 0 Å². The molecular weight excluding hydrogens is 382 g/mol. The first kappa shape index (κ1) is 20.2. The van der Waals surface area contributed by atoms with Crippen molar-refractivity contribution >= 4 is 28.9 Å². The molecular formula is C23H27N3O4. The number of morpholine rings is 1. The molecule has 0 aromatic heterocycles. The van der Waals surface area contributed by atoms with Crippen molar-refractivity contribution in [2.75, 3.05) is 41.4 Å². The van der Waals surface area contributed by atoms with Crippen molar-refractivity contribution in [1.29, 1.82) is 0 Å². The first-order valence-electron chi connectivity index (χ1n) is 10.3. The van der Waals surface area contributed by atoms with E-state index in [1.54, 1.807) is 30.0 Å². The summed E-state index contributed by atoms with van der Waals surface area (Å²) in [6.07, 6.45) is 0.692. The number of hydrogen-bond acceptors (Lipinski definition) is 5. The zero-order valence-electron chi connectivity index (χ0n) is 17.3. The average molecular weight is 409 g/mol. The van der Waals surface area contributed by atoms with Crippen LogP contribution in [-0.2, 0) is 9.53 Å². The van der Waals surface area contributed by atoms with E-state index < -0.39 is 5.97 Å². The lowest BCUT2D eigenvalue weighted by Crippen LogP contribution is -2.43. The summed E-state index contributed by atoms with van der Waals surface area (Å²) >= 11 is 0. The van der Waals surface area contributed by atoms with Crippen molar-refractivity contribution in [3.8, 4) is 0 Å². The van der Waals surface area contributed by atoms with E-state index in [1.807, 2.05) is 19.1 Å². The molecule has 2 aromatic rings. The Kier molecular flexibility index (Phi) is 5.63. The highest BCUT2D eigenvalue weighted by atomic mass is 16.5. The molecule has 0 radical (unpaired) electrons. The van der Waals surface area contributed by atoms with Crippen LogP contribution in [0.2, 0.25) is 0 Å². The zero-order chi connectivity index (χ0) is 21.3. The summed E-state index contributed by atoms with van der Waals surface area (Å²) in [7, 11) is 0. The third-order valence-electron chi connectivity index (χ3n) is 5.83. The van der Waals surface area contributed by atoms with Crippen LogP contribution in [0.4, 0.5) is 17.1 Å². The standard InChI is InChI=1S/C23H27N3O4/c1-15-12-21(20-13-17(23(28)29)6-7-22(20)26(15)16(2)27)24-18-4-3-5-19(14-18)25-8-10-30-11-9-25/h3-7,13-15,21,24H,8-12H2,1-2H3,(H,28,29). The number of aromatic carboxylic acids is 1. The van der Waals surface area contributed by atoms with E-state index in [1.165, 1.54) is 0 Å². The van der Waals surface area contributed by atoms with Crippen molar-refractivity contribution < 1.29 is 19.4 Å². The van der Waals surface area contributed by atoms with Gasteiger partial charge in [-0.25, -0.2) is 4.79 Å². The third kappa shape index (κ3) is 3.98. The van der Waals surface area contributed by atoms with Gasteiger partial charge in [0.2, 0.25) is 5.91 Å². The second kappa shape index (κ2) is 8.36. The minimum atomic E-state index is -0.973. The highest BCUT2D eigenvalue weighted by molar-refractivity contribution is 5.95. The number of rotatable bonds is 4. The molecule has 0 bridgehead atoms. The van der Waals surface area contributed by atoms with Crippen LogP contribution in [0.3, 0.4) is 0 Å². The molecule has 1 fully saturated rings. The molecule has 0 aliphatic carbocycles. The summed E-state index contributed by atoms with van der Waals surface area (Å²) in [5.41, 5.74) is 3.94. The monoisotopic (exact) mass is 409 g/mol. The van der Waals surface area contributed by atoms with Gasteiger partial charge in [0.15, 0.2) is 0 Å². The molecule has 4 rings (SSSR count). The number of carboxylic acid groups (broad SMARTS) is 1. The molecule has 7 heteroatoms. The Morgan fingerprint density at radius 3 is 2.60 bits per heavy atom. The molecule has 2 aliphatic heterocycles.